The van der Waals surface area contributed by atoms with Crippen LogP contribution in [0.5, 0.6) is 5.75 Å². The highest BCUT2D eigenvalue weighted by atomic mass is 35.5. The van der Waals surface area contributed by atoms with Crippen LogP contribution in [-0.4, -0.2) is 84.8 Å². The van der Waals surface area contributed by atoms with Crippen molar-refractivity contribution in [1.82, 2.24) is 14.8 Å². The summed E-state index contributed by atoms with van der Waals surface area (Å²) in [4.78, 5) is 34.6. The first-order valence-electron chi connectivity index (χ1n) is 14.3. The molecule has 12 heteroatoms. The summed E-state index contributed by atoms with van der Waals surface area (Å²) >= 11 is 6.29. The quantitative estimate of drug-likeness (QED) is 0.417. The number of anilines is 1. The van der Waals surface area contributed by atoms with E-state index in [1.165, 1.54) is 17.0 Å². The average molecular weight is 611 g/mol. The summed E-state index contributed by atoms with van der Waals surface area (Å²) < 4.78 is 47.9. The molecule has 1 N–H and O–H groups in total. The van der Waals surface area contributed by atoms with E-state index in [1.807, 2.05) is 6.07 Å². The highest BCUT2D eigenvalue weighted by molar-refractivity contribution is 6.32. The number of hydrogen-bond acceptors (Lipinski definition) is 6. The van der Waals surface area contributed by atoms with Crippen LogP contribution in [-0.2, 0) is 10.4 Å². The number of amides is 2. The SMILES string of the molecule is CCOc1cccc([C@@](O)(C(=O)N2CCC(CC3CCN(c4ccc(C(=O)N(C)C)c(Cl)n4)CC3)CC2)C(F)(F)F)c1. The zero-order chi connectivity index (χ0) is 30.7. The van der Waals surface area contributed by atoms with E-state index >= 15 is 0 Å². The predicted molar refractivity (Wildman–Crippen MR) is 154 cm³/mol. The van der Waals surface area contributed by atoms with E-state index in [0.29, 0.717) is 24.3 Å². The molecule has 1 aromatic heterocycles. The second kappa shape index (κ2) is 13.1. The van der Waals surface area contributed by atoms with Gasteiger partial charge in [-0.05, 0) is 75.1 Å². The van der Waals surface area contributed by atoms with Crippen molar-refractivity contribution < 1.29 is 32.6 Å². The average Bonchev–Trinajstić information content (AvgIpc) is 2.96. The highest BCUT2D eigenvalue weighted by Gasteiger charge is 2.62. The molecule has 2 aromatic rings. The largest absolute Gasteiger partial charge is 0.494 e. The van der Waals surface area contributed by atoms with Crippen molar-refractivity contribution in [2.75, 3.05) is 51.8 Å². The molecule has 8 nitrogen and oxygen atoms in total. The molecule has 0 aliphatic carbocycles. The third kappa shape index (κ3) is 6.78. The number of piperidine rings is 2. The van der Waals surface area contributed by atoms with Gasteiger partial charge in [0, 0.05) is 45.8 Å². The minimum Gasteiger partial charge on any atom is -0.494 e. The minimum atomic E-state index is -5.19. The molecule has 2 saturated heterocycles. The molecule has 3 heterocycles. The van der Waals surface area contributed by atoms with Gasteiger partial charge in [-0.1, -0.05) is 23.7 Å². The maximum Gasteiger partial charge on any atom is 0.430 e. The lowest BCUT2D eigenvalue weighted by Gasteiger charge is -2.40. The van der Waals surface area contributed by atoms with Crippen LogP contribution in [0.4, 0.5) is 19.0 Å². The van der Waals surface area contributed by atoms with Crippen LogP contribution in [0.2, 0.25) is 5.15 Å². The zero-order valence-corrected chi connectivity index (χ0v) is 24.9. The van der Waals surface area contributed by atoms with Crippen molar-refractivity contribution in [1.29, 1.82) is 0 Å². The number of alkyl halides is 3. The summed E-state index contributed by atoms with van der Waals surface area (Å²) in [6.45, 7) is 3.83. The van der Waals surface area contributed by atoms with Gasteiger partial charge in [-0.25, -0.2) is 4.98 Å². The molecule has 4 rings (SSSR count). The Morgan fingerprint density at radius 1 is 1.05 bits per heavy atom. The van der Waals surface area contributed by atoms with E-state index in [1.54, 1.807) is 27.1 Å². The lowest BCUT2D eigenvalue weighted by molar-refractivity contribution is -0.262. The van der Waals surface area contributed by atoms with Gasteiger partial charge in [0.05, 0.1) is 12.2 Å². The van der Waals surface area contributed by atoms with Crippen LogP contribution < -0.4 is 9.64 Å². The summed E-state index contributed by atoms with van der Waals surface area (Å²) in [5.74, 6) is 0.0704. The Kier molecular flexibility index (Phi) is 9.92. The van der Waals surface area contributed by atoms with Crippen LogP contribution in [0.1, 0.15) is 54.9 Å². The van der Waals surface area contributed by atoms with Gasteiger partial charge in [0.2, 0.25) is 0 Å². The van der Waals surface area contributed by atoms with Gasteiger partial charge in [0.1, 0.15) is 16.7 Å². The van der Waals surface area contributed by atoms with Gasteiger partial charge in [-0.15, -0.1) is 0 Å². The van der Waals surface area contributed by atoms with E-state index in [0.717, 1.165) is 55.2 Å². The number of aromatic nitrogens is 1. The van der Waals surface area contributed by atoms with Crippen LogP contribution >= 0.6 is 11.6 Å². The maximum absolute atomic E-state index is 14.2. The third-order valence-electron chi connectivity index (χ3n) is 8.26. The molecule has 0 unspecified atom stereocenters. The fourth-order valence-electron chi connectivity index (χ4n) is 5.86. The number of rotatable bonds is 8. The molecule has 0 radical (unpaired) electrons. The predicted octanol–water partition coefficient (Wildman–Crippen LogP) is 5.13. The summed E-state index contributed by atoms with van der Waals surface area (Å²) in [5.41, 5.74) is -3.83. The second-order valence-corrected chi connectivity index (χ2v) is 11.6. The number of ether oxygens (including phenoxy) is 1. The van der Waals surface area contributed by atoms with Crippen LogP contribution in [0, 0.1) is 11.8 Å². The molecule has 0 spiro atoms. The van der Waals surface area contributed by atoms with Gasteiger partial charge < -0.3 is 24.5 Å². The Bertz CT molecular complexity index is 1260. The molecular weight excluding hydrogens is 573 g/mol. The Balaban J connectivity index is 1.31. The number of hydrogen-bond donors (Lipinski definition) is 1. The zero-order valence-electron chi connectivity index (χ0n) is 24.2. The summed E-state index contributed by atoms with van der Waals surface area (Å²) in [7, 11) is 3.31. The third-order valence-corrected chi connectivity index (χ3v) is 8.55. The number of carbonyl (C=O) groups is 2. The lowest BCUT2D eigenvalue weighted by atomic mass is 9.82. The van der Waals surface area contributed by atoms with E-state index in [4.69, 9.17) is 16.3 Å². The van der Waals surface area contributed by atoms with E-state index < -0.39 is 23.2 Å². The lowest BCUT2D eigenvalue weighted by Crippen LogP contribution is -2.57. The summed E-state index contributed by atoms with van der Waals surface area (Å²) in [6.07, 6.45) is -1.24. The summed E-state index contributed by atoms with van der Waals surface area (Å²) in [5, 5.41) is 11.0. The van der Waals surface area contributed by atoms with E-state index in [-0.39, 0.29) is 42.4 Å². The number of nitrogens with zero attached hydrogens (tertiary/aromatic N) is 4. The number of carbonyl (C=O) groups excluding carboxylic acids is 2. The number of aliphatic hydroxyl groups is 1. The van der Waals surface area contributed by atoms with Gasteiger partial charge >= 0.3 is 6.18 Å². The first kappa shape index (κ1) is 31.9. The van der Waals surface area contributed by atoms with Crippen molar-refractivity contribution >= 4 is 29.2 Å². The van der Waals surface area contributed by atoms with Crippen molar-refractivity contribution in [2.45, 2.75) is 50.8 Å². The van der Waals surface area contributed by atoms with Crippen LogP contribution in [0.15, 0.2) is 36.4 Å². The Morgan fingerprint density at radius 2 is 1.67 bits per heavy atom. The summed E-state index contributed by atoms with van der Waals surface area (Å²) in [6, 6.07) is 8.52. The van der Waals surface area contributed by atoms with Crippen LogP contribution in [0.25, 0.3) is 0 Å². The standard InChI is InChI=1S/C30H38ClF3N4O4/c1-4-42-23-7-5-6-22(19-23)29(41,30(32,33)34)28(40)38-16-12-21(13-17-38)18-20-10-14-37(15-11-20)25-9-8-24(26(31)35-25)27(39)36(2)3/h5-9,19-21,41H,4,10-18H2,1-3H3/t29-/m1/s1. The van der Waals surface area contributed by atoms with Crippen molar-refractivity contribution in [3.8, 4) is 5.75 Å². The van der Waals surface area contributed by atoms with Gasteiger partial charge in [-0.3, -0.25) is 9.59 Å². The monoisotopic (exact) mass is 610 g/mol. The normalized spacial score (nSPS) is 18.5. The van der Waals surface area contributed by atoms with Crippen molar-refractivity contribution in [3.63, 3.8) is 0 Å². The van der Waals surface area contributed by atoms with Crippen LogP contribution in [0.3, 0.4) is 0 Å². The molecule has 230 valence electrons. The van der Waals surface area contributed by atoms with Gasteiger partial charge in [-0.2, -0.15) is 13.2 Å². The molecule has 2 aliphatic heterocycles. The second-order valence-electron chi connectivity index (χ2n) is 11.3. The number of likely N-dealkylation sites (tertiary alicyclic amines) is 1. The minimum absolute atomic E-state index is 0.158. The molecule has 1 aromatic carbocycles. The molecule has 2 fully saturated rings. The Hall–Kier alpha value is -3.05. The van der Waals surface area contributed by atoms with E-state index in [2.05, 4.69) is 9.88 Å². The van der Waals surface area contributed by atoms with Crippen molar-refractivity contribution in [2.24, 2.45) is 11.8 Å². The van der Waals surface area contributed by atoms with Gasteiger partial charge in [0.15, 0.2) is 0 Å². The first-order valence-corrected chi connectivity index (χ1v) is 14.7. The topological polar surface area (TPSA) is 86.2 Å². The number of halogens is 4. The van der Waals surface area contributed by atoms with E-state index in [9.17, 15) is 27.9 Å². The van der Waals surface area contributed by atoms with Gasteiger partial charge in [0.25, 0.3) is 17.4 Å². The molecular formula is C30H38ClF3N4O4. The maximum atomic E-state index is 14.2. The fraction of sp³-hybridized carbons (Fsp3) is 0.567. The smallest absolute Gasteiger partial charge is 0.430 e. The van der Waals surface area contributed by atoms with Crippen molar-refractivity contribution in [3.05, 3.63) is 52.7 Å². The number of pyridine rings is 1. The first-order chi connectivity index (χ1) is 19.8. The molecule has 2 amide bonds. The Morgan fingerprint density at radius 3 is 2.21 bits per heavy atom. The Labute approximate surface area is 249 Å². The molecule has 1 atom stereocenters. The molecule has 0 saturated carbocycles. The molecule has 2 aliphatic rings. The highest BCUT2D eigenvalue weighted by Crippen LogP contribution is 2.42. The fourth-order valence-corrected chi connectivity index (χ4v) is 6.09. The number of benzene rings is 1. The molecule has 0 bridgehead atoms. The molecule has 42 heavy (non-hydrogen) atoms.